The van der Waals surface area contributed by atoms with Crippen LogP contribution in [-0.4, -0.2) is 47.1 Å². The van der Waals surface area contributed by atoms with Crippen molar-refractivity contribution < 1.29 is 27.6 Å². The second-order valence-corrected chi connectivity index (χ2v) is 16.4. The topological polar surface area (TPSA) is 46.2 Å². The normalized spacial score (nSPS) is 18.0. The predicted octanol–water partition coefficient (Wildman–Crippen LogP) is 5.83. The maximum Gasteiger partial charge on any atom is 0.495 e. The first kappa shape index (κ1) is 27.1. The third-order valence-electron chi connectivity index (χ3n) is 7.64. The third kappa shape index (κ3) is 5.36. The van der Waals surface area contributed by atoms with E-state index in [9.17, 15) is 0 Å². The minimum absolute atomic E-state index is 0.0890. The van der Waals surface area contributed by atoms with Crippen molar-refractivity contribution in [3.05, 3.63) is 35.6 Å². The van der Waals surface area contributed by atoms with Gasteiger partial charge in [0, 0.05) is 13.7 Å². The molecule has 2 aromatic carbocycles. The van der Waals surface area contributed by atoms with E-state index >= 15 is 4.39 Å². The van der Waals surface area contributed by atoms with E-state index in [0.717, 1.165) is 16.2 Å². The fourth-order valence-electron chi connectivity index (χ4n) is 3.76. The molecule has 0 saturated carbocycles. The molecule has 2 aromatic rings. The summed E-state index contributed by atoms with van der Waals surface area (Å²) in [5.74, 6) is 0.365. The largest absolute Gasteiger partial charge is 0.495 e. The van der Waals surface area contributed by atoms with Crippen LogP contribution in [0.2, 0.25) is 18.1 Å². The molecule has 1 fully saturated rings. The van der Waals surface area contributed by atoms with Gasteiger partial charge in [0.15, 0.2) is 15.1 Å². The van der Waals surface area contributed by atoms with E-state index in [1.54, 1.807) is 13.2 Å². The molecule has 1 saturated heterocycles. The number of hydrogen-bond acceptors (Lipinski definition) is 5. The smallest absolute Gasteiger partial charge is 0.468 e. The van der Waals surface area contributed by atoms with Crippen LogP contribution >= 0.6 is 0 Å². The van der Waals surface area contributed by atoms with Gasteiger partial charge >= 0.3 is 7.12 Å². The Bertz CT molecular complexity index is 1020. The minimum Gasteiger partial charge on any atom is -0.468 e. The summed E-state index contributed by atoms with van der Waals surface area (Å²) >= 11 is 0. The van der Waals surface area contributed by atoms with Crippen LogP contribution in [0.5, 0.6) is 5.75 Å². The first-order chi connectivity index (χ1) is 15.6. The molecular formula is C26H40BFO5Si. The number of halogens is 1. The molecule has 0 aliphatic carbocycles. The lowest BCUT2D eigenvalue weighted by Crippen LogP contribution is -2.41. The second-order valence-electron chi connectivity index (χ2n) is 11.6. The summed E-state index contributed by atoms with van der Waals surface area (Å²) < 4.78 is 45.2. The molecule has 3 rings (SSSR count). The molecule has 0 N–H and O–H groups in total. The lowest BCUT2D eigenvalue weighted by molar-refractivity contribution is 0.00578. The molecule has 1 heterocycles. The molecule has 1 aliphatic heterocycles. The predicted molar refractivity (Wildman–Crippen MR) is 139 cm³/mol. The average molecular weight is 490 g/mol. The van der Waals surface area contributed by atoms with Crippen LogP contribution in [0, 0.1) is 5.82 Å². The summed E-state index contributed by atoms with van der Waals surface area (Å²) in [6, 6.07) is 7.07. The highest BCUT2D eigenvalue weighted by Crippen LogP contribution is 2.39. The van der Waals surface area contributed by atoms with E-state index in [1.165, 1.54) is 6.07 Å². The van der Waals surface area contributed by atoms with Gasteiger partial charge in [0.2, 0.25) is 0 Å². The first-order valence-corrected chi connectivity index (χ1v) is 14.9. The average Bonchev–Trinajstić information content (AvgIpc) is 2.93. The Morgan fingerprint density at radius 3 is 2.21 bits per heavy atom. The molecule has 0 unspecified atom stereocenters. The summed E-state index contributed by atoms with van der Waals surface area (Å²) in [5, 5.41) is 1.75. The number of hydrogen-bond donors (Lipinski definition) is 0. The van der Waals surface area contributed by atoms with Crippen molar-refractivity contribution in [1.82, 2.24) is 0 Å². The second kappa shape index (κ2) is 9.54. The van der Waals surface area contributed by atoms with Crippen LogP contribution in [0.1, 0.15) is 54.0 Å². The van der Waals surface area contributed by atoms with Crippen molar-refractivity contribution >= 4 is 31.7 Å². The molecule has 0 spiro atoms. The molecule has 34 heavy (non-hydrogen) atoms. The Kier molecular flexibility index (Phi) is 7.62. The molecule has 1 aliphatic rings. The van der Waals surface area contributed by atoms with E-state index in [0.29, 0.717) is 24.3 Å². The van der Waals surface area contributed by atoms with Gasteiger partial charge in [-0.25, -0.2) is 4.39 Å². The van der Waals surface area contributed by atoms with Gasteiger partial charge in [0.25, 0.3) is 0 Å². The van der Waals surface area contributed by atoms with Gasteiger partial charge in [0.05, 0.1) is 11.2 Å². The highest BCUT2D eigenvalue weighted by molar-refractivity contribution is 6.74. The monoisotopic (exact) mass is 490 g/mol. The highest BCUT2D eigenvalue weighted by Gasteiger charge is 2.52. The first-order valence-electron chi connectivity index (χ1n) is 12.0. The van der Waals surface area contributed by atoms with Gasteiger partial charge in [-0.3, -0.25) is 0 Å². The summed E-state index contributed by atoms with van der Waals surface area (Å²) in [4.78, 5) is 0. The molecular weight excluding hydrogens is 450 g/mol. The zero-order chi connectivity index (χ0) is 25.5. The van der Waals surface area contributed by atoms with Gasteiger partial charge in [-0.2, -0.15) is 0 Å². The van der Waals surface area contributed by atoms with E-state index in [-0.39, 0.29) is 17.6 Å². The van der Waals surface area contributed by atoms with Crippen molar-refractivity contribution in [2.45, 2.75) is 84.2 Å². The van der Waals surface area contributed by atoms with Crippen LogP contribution < -0.4 is 10.2 Å². The van der Waals surface area contributed by atoms with Crippen LogP contribution in [0.15, 0.2) is 24.3 Å². The molecule has 0 amide bonds. The van der Waals surface area contributed by atoms with Crippen LogP contribution in [0.4, 0.5) is 4.39 Å². The molecule has 0 atom stereocenters. The molecule has 188 valence electrons. The Hall–Kier alpha value is -1.45. The number of ether oxygens (including phenoxy) is 2. The zero-order valence-electron chi connectivity index (χ0n) is 22.4. The Labute approximate surface area is 205 Å². The van der Waals surface area contributed by atoms with Gasteiger partial charge < -0.3 is 23.2 Å². The Morgan fingerprint density at radius 1 is 1.03 bits per heavy atom. The maximum atomic E-state index is 15.3. The van der Waals surface area contributed by atoms with Crippen molar-refractivity contribution in [3.63, 3.8) is 0 Å². The Balaban J connectivity index is 2.07. The lowest BCUT2D eigenvalue weighted by Gasteiger charge is -2.36. The van der Waals surface area contributed by atoms with Gasteiger partial charge in [-0.1, -0.05) is 26.8 Å². The number of rotatable bonds is 8. The van der Waals surface area contributed by atoms with Crippen LogP contribution in [0.25, 0.3) is 10.8 Å². The van der Waals surface area contributed by atoms with Gasteiger partial charge in [0.1, 0.15) is 11.6 Å². The van der Waals surface area contributed by atoms with Crippen molar-refractivity contribution in [1.29, 1.82) is 0 Å². The fourth-order valence-corrected chi connectivity index (χ4v) is 4.80. The summed E-state index contributed by atoms with van der Waals surface area (Å²) in [7, 11) is -1.03. The van der Waals surface area contributed by atoms with E-state index in [2.05, 4.69) is 33.9 Å². The van der Waals surface area contributed by atoms with Gasteiger partial charge in [-0.05, 0) is 92.2 Å². The summed E-state index contributed by atoms with van der Waals surface area (Å²) in [6.07, 6.45) is 0.459. The number of benzene rings is 2. The van der Waals surface area contributed by atoms with Crippen molar-refractivity contribution in [2.75, 3.05) is 20.5 Å². The Morgan fingerprint density at radius 2 is 1.65 bits per heavy atom. The van der Waals surface area contributed by atoms with Crippen LogP contribution in [-0.2, 0) is 24.9 Å². The molecule has 0 aromatic heterocycles. The van der Waals surface area contributed by atoms with E-state index in [1.807, 2.05) is 39.8 Å². The standard InChI is InChI=1S/C26H40BFO5Si/c1-24(2,3)34(9,10)31-14-13-20-22(28)12-11-18-15-19(30-17-29-8)16-21(23(18)20)27-32-25(4,5)26(6,7)33-27/h11-12,15-16H,13-14,17H2,1-10H3. The van der Waals surface area contributed by atoms with E-state index in [4.69, 9.17) is 23.2 Å². The molecule has 5 nitrogen and oxygen atoms in total. The summed E-state index contributed by atoms with van der Waals surface area (Å²) in [5.41, 5.74) is 0.321. The number of methoxy groups -OCH3 is 1. The maximum absolute atomic E-state index is 15.3. The number of fused-ring (bicyclic) bond motifs is 1. The van der Waals surface area contributed by atoms with Crippen molar-refractivity contribution in [3.8, 4) is 5.75 Å². The molecule has 8 heteroatoms. The fraction of sp³-hybridized carbons (Fsp3) is 0.615. The quantitative estimate of drug-likeness (QED) is 0.345. The highest BCUT2D eigenvalue weighted by atomic mass is 28.4. The van der Waals surface area contributed by atoms with E-state index < -0.39 is 26.6 Å². The minimum atomic E-state index is -1.95. The van der Waals surface area contributed by atoms with Crippen molar-refractivity contribution in [2.24, 2.45) is 0 Å². The summed E-state index contributed by atoms with van der Waals surface area (Å²) in [6.45, 7) is 19.6. The molecule has 0 bridgehead atoms. The molecule has 0 radical (unpaired) electrons. The lowest BCUT2D eigenvalue weighted by atomic mass is 9.74. The SMILES string of the molecule is COCOc1cc(B2OC(C)(C)C(C)(C)O2)c2c(CCO[Si](C)(C)C(C)(C)C)c(F)ccc2c1. The van der Waals surface area contributed by atoms with Gasteiger partial charge in [-0.15, -0.1) is 0 Å². The third-order valence-corrected chi connectivity index (χ3v) is 12.2. The van der Waals surface area contributed by atoms with Crippen LogP contribution in [0.3, 0.4) is 0 Å². The zero-order valence-corrected chi connectivity index (χ0v) is 23.4.